The second-order valence-corrected chi connectivity index (χ2v) is 8.23. The largest absolute Gasteiger partial charge is 0.463 e. The Labute approximate surface area is 168 Å². The van der Waals surface area contributed by atoms with Crippen LogP contribution in [0, 0.1) is 20.2 Å². The summed E-state index contributed by atoms with van der Waals surface area (Å²) in [6, 6.07) is 7.52. The summed E-state index contributed by atoms with van der Waals surface area (Å²) in [7, 11) is 1.87. The van der Waals surface area contributed by atoms with Gasteiger partial charge in [-0.25, -0.2) is 0 Å². The minimum Gasteiger partial charge on any atom is -0.463 e. The van der Waals surface area contributed by atoms with E-state index in [0.29, 0.717) is 15.8 Å². The highest BCUT2D eigenvalue weighted by atomic mass is 79.9. The van der Waals surface area contributed by atoms with E-state index in [-0.39, 0.29) is 11.4 Å². The number of nitrogens with zero attached hydrogens (tertiary/aromatic N) is 3. The van der Waals surface area contributed by atoms with Crippen molar-refractivity contribution in [2.24, 2.45) is 0 Å². The molecule has 0 saturated carbocycles. The van der Waals surface area contributed by atoms with E-state index in [1.807, 2.05) is 31.9 Å². The SMILES string of the molecule is CN1c2c(Br)cc([N+](=O)[O-])cc2C(C)(C)C12C=Cc1cc([N+](=O)[O-])ccc1O2. The summed E-state index contributed by atoms with van der Waals surface area (Å²) in [6.07, 6.45) is 3.66. The lowest BCUT2D eigenvalue weighted by Crippen LogP contribution is -2.58. The van der Waals surface area contributed by atoms with Crippen molar-refractivity contribution < 1.29 is 14.6 Å². The Morgan fingerprint density at radius 3 is 2.39 bits per heavy atom. The molecule has 2 aromatic carbocycles. The Morgan fingerprint density at radius 1 is 1.07 bits per heavy atom. The Bertz CT molecular complexity index is 1080. The van der Waals surface area contributed by atoms with Crippen molar-refractivity contribution in [2.45, 2.75) is 25.0 Å². The second-order valence-electron chi connectivity index (χ2n) is 7.38. The summed E-state index contributed by atoms with van der Waals surface area (Å²) in [5.41, 5.74) is 0.628. The minimum absolute atomic E-state index is 0.0000334. The van der Waals surface area contributed by atoms with Gasteiger partial charge in [-0.15, -0.1) is 0 Å². The number of non-ortho nitro benzene ring substituents is 2. The first kappa shape index (κ1) is 18.4. The van der Waals surface area contributed by atoms with Crippen molar-refractivity contribution in [3.05, 3.63) is 72.2 Å². The third kappa shape index (κ3) is 2.29. The molecule has 0 N–H and O–H groups in total. The highest BCUT2D eigenvalue weighted by Crippen LogP contribution is 2.57. The van der Waals surface area contributed by atoms with Gasteiger partial charge in [-0.05, 0) is 53.6 Å². The smallest absolute Gasteiger partial charge is 0.271 e. The summed E-state index contributed by atoms with van der Waals surface area (Å²) < 4.78 is 7.01. The van der Waals surface area contributed by atoms with Crippen LogP contribution in [0.5, 0.6) is 5.75 Å². The first-order valence-electron chi connectivity index (χ1n) is 8.47. The van der Waals surface area contributed by atoms with E-state index in [0.717, 1.165) is 11.3 Å². The third-order valence-corrected chi connectivity index (χ3v) is 6.22. The van der Waals surface area contributed by atoms with E-state index >= 15 is 0 Å². The Kier molecular flexibility index (Phi) is 3.80. The Balaban J connectivity index is 1.87. The van der Waals surface area contributed by atoms with Crippen molar-refractivity contribution >= 4 is 39.1 Å². The van der Waals surface area contributed by atoms with Gasteiger partial charge in [0.15, 0.2) is 0 Å². The molecule has 8 nitrogen and oxygen atoms in total. The summed E-state index contributed by atoms with van der Waals surface area (Å²) >= 11 is 3.46. The summed E-state index contributed by atoms with van der Waals surface area (Å²) in [5.74, 6) is 0.520. The summed E-state index contributed by atoms with van der Waals surface area (Å²) in [4.78, 5) is 23.4. The number of hydrogen-bond donors (Lipinski definition) is 0. The standard InChI is InChI=1S/C19H16BrN3O5/c1-18(2)14-9-13(23(26)27)10-15(20)17(14)21(3)19(18)7-6-11-8-12(22(24)25)4-5-16(11)28-19/h4-10H,1-3H3. The number of ether oxygens (including phenoxy) is 1. The van der Waals surface area contributed by atoms with Crippen LogP contribution in [-0.2, 0) is 5.41 Å². The predicted octanol–water partition coefficient (Wildman–Crippen LogP) is 4.80. The lowest BCUT2D eigenvalue weighted by Gasteiger charge is -2.45. The van der Waals surface area contributed by atoms with Crippen LogP contribution in [-0.4, -0.2) is 22.6 Å². The molecule has 0 fully saturated rings. The molecule has 2 aliphatic heterocycles. The average molecular weight is 446 g/mol. The van der Waals surface area contributed by atoms with Gasteiger partial charge in [0.2, 0.25) is 5.72 Å². The van der Waals surface area contributed by atoms with Gasteiger partial charge in [0, 0.05) is 41.3 Å². The molecule has 0 bridgehead atoms. The number of benzene rings is 2. The van der Waals surface area contributed by atoms with E-state index in [9.17, 15) is 20.2 Å². The molecule has 0 radical (unpaired) electrons. The third-order valence-electron chi connectivity index (χ3n) is 5.62. The zero-order chi connectivity index (χ0) is 20.4. The summed E-state index contributed by atoms with van der Waals surface area (Å²) in [6.45, 7) is 3.93. The van der Waals surface area contributed by atoms with Crippen LogP contribution in [0.2, 0.25) is 0 Å². The van der Waals surface area contributed by atoms with Crippen LogP contribution in [0.15, 0.2) is 40.9 Å². The molecular formula is C19H16BrN3O5. The van der Waals surface area contributed by atoms with E-state index in [2.05, 4.69) is 15.9 Å². The molecule has 28 heavy (non-hydrogen) atoms. The molecule has 1 unspecified atom stereocenters. The molecule has 2 aromatic rings. The van der Waals surface area contributed by atoms with Crippen molar-refractivity contribution in [3.63, 3.8) is 0 Å². The highest BCUT2D eigenvalue weighted by molar-refractivity contribution is 9.10. The van der Waals surface area contributed by atoms with E-state index in [1.165, 1.54) is 18.2 Å². The van der Waals surface area contributed by atoms with Gasteiger partial charge in [-0.3, -0.25) is 20.2 Å². The van der Waals surface area contributed by atoms with Gasteiger partial charge < -0.3 is 9.64 Å². The molecular weight excluding hydrogens is 430 g/mol. The van der Waals surface area contributed by atoms with Crippen LogP contribution in [0.1, 0.15) is 25.0 Å². The minimum atomic E-state index is -0.934. The maximum atomic E-state index is 11.3. The number of nitro benzene ring substituents is 2. The monoisotopic (exact) mass is 445 g/mol. The first-order valence-corrected chi connectivity index (χ1v) is 9.27. The van der Waals surface area contributed by atoms with Crippen LogP contribution in [0.3, 0.4) is 0 Å². The van der Waals surface area contributed by atoms with Gasteiger partial charge in [-0.1, -0.05) is 0 Å². The molecule has 1 atom stereocenters. The number of likely N-dealkylation sites (N-methyl/N-ethyl adjacent to an activating group) is 1. The average Bonchev–Trinajstić information content (AvgIpc) is 2.80. The first-order chi connectivity index (χ1) is 13.1. The zero-order valence-corrected chi connectivity index (χ0v) is 16.9. The molecule has 2 heterocycles. The van der Waals surface area contributed by atoms with E-state index in [1.54, 1.807) is 18.2 Å². The van der Waals surface area contributed by atoms with E-state index < -0.39 is 21.0 Å². The van der Waals surface area contributed by atoms with Crippen LogP contribution in [0.4, 0.5) is 17.1 Å². The Hall–Kier alpha value is -2.94. The van der Waals surface area contributed by atoms with Gasteiger partial charge in [0.1, 0.15) is 5.75 Å². The quantitative estimate of drug-likeness (QED) is 0.486. The molecule has 144 valence electrons. The normalized spacial score (nSPS) is 21.2. The molecule has 0 amide bonds. The fourth-order valence-electron chi connectivity index (χ4n) is 4.08. The number of hydrogen-bond acceptors (Lipinski definition) is 6. The van der Waals surface area contributed by atoms with Crippen molar-refractivity contribution in [2.75, 3.05) is 11.9 Å². The van der Waals surface area contributed by atoms with Crippen molar-refractivity contribution in [1.82, 2.24) is 0 Å². The fourth-order valence-corrected chi connectivity index (χ4v) is 4.79. The number of nitro groups is 2. The fraction of sp³-hybridized carbons (Fsp3) is 0.263. The van der Waals surface area contributed by atoms with Crippen LogP contribution < -0.4 is 9.64 Å². The molecule has 0 saturated heterocycles. The molecule has 0 aromatic heterocycles. The Morgan fingerprint density at radius 2 is 1.75 bits per heavy atom. The molecule has 1 spiro atoms. The molecule has 9 heteroatoms. The molecule has 4 rings (SSSR count). The van der Waals surface area contributed by atoms with Gasteiger partial charge in [0.05, 0.1) is 20.9 Å². The van der Waals surface area contributed by atoms with Crippen molar-refractivity contribution in [3.8, 4) is 5.75 Å². The number of fused-ring (bicyclic) bond motifs is 2. The maximum Gasteiger partial charge on any atom is 0.271 e. The van der Waals surface area contributed by atoms with Gasteiger partial charge >= 0.3 is 0 Å². The van der Waals surface area contributed by atoms with Gasteiger partial charge in [0.25, 0.3) is 11.4 Å². The highest BCUT2D eigenvalue weighted by Gasteiger charge is 2.58. The molecule has 0 aliphatic carbocycles. The van der Waals surface area contributed by atoms with Crippen molar-refractivity contribution in [1.29, 1.82) is 0 Å². The number of rotatable bonds is 2. The topological polar surface area (TPSA) is 98.8 Å². The van der Waals surface area contributed by atoms with Crippen LogP contribution in [0.25, 0.3) is 6.08 Å². The maximum absolute atomic E-state index is 11.3. The number of anilines is 1. The lowest BCUT2D eigenvalue weighted by molar-refractivity contribution is -0.385. The predicted molar refractivity (Wildman–Crippen MR) is 108 cm³/mol. The van der Waals surface area contributed by atoms with Crippen LogP contribution >= 0.6 is 15.9 Å². The second kappa shape index (κ2) is 5.78. The van der Waals surface area contributed by atoms with Gasteiger partial charge in [-0.2, -0.15) is 0 Å². The van der Waals surface area contributed by atoms with E-state index in [4.69, 9.17) is 4.74 Å². The zero-order valence-electron chi connectivity index (χ0n) is 15.3. The molecule has 2 aliphatic rings. The lowest BCUT2D eigenvalue weighted by atomic mass is 9.76. The summed E-state index contributed by atoms with van der Waals surface area (Å²) in [5, 5.41) is 22.4. The number of halogens is 1.